The Morgan fingerprint density at radius 3 is 2.59 bits per heavy atom. The summed E-state index contributed by atoms with van der Waals surface area (Å²) >= 11 is 6.00. The first-order valence-electron chi connectivity index (χ1n) is 7.22. The molecule has 0 spiro atoms. The van der Waals surface area contributed by atoms with Crippen molar-refractivity contribution in [2.75, 3.05) is 5.32 Å². The molecule has 0 aliphatic heterocycles. The van der Waals surface area contributed by atoms with Crippen LogP contribution in [0, 0.1) is 11.3 Å². The lowest BCUT2D eigenvalue weighted by Gasteiger charge is -2.37. The van der Waals surface area contributed by atoms with Gasteiger partial charge in [-0.05, 0) is 51.8 Å². The largest absolute Gasteiger partial charge is 0.444 e. The molecule has 1 aliphatic carbocycles. The van der Waals surface area contributed by atoms with Gasteiger partial charge in [0.1, 0.15) is 11.7 Å². The maximum atomic E-state index is 11.6. The smallest absolute Gasteiger partial charge is 0.407 e. The first-order chi connectivity index (χ1) is 10.3. The van der Waals surface area contributed by atoms with E-state index in [1.54, 1.807) is 12.1 Å². The van der Waals surface area contributed by atoms with E-state index in [1.807, 2.05) is 32.9 Å². The maximum Gasteiger partial charge on any atom is 0.407 e. The van der Waals surface area contributed by atoms with Crippen molar-refractivity contribution < 1.29 is 9.53 Å². The number of alkyl carbamates (subject to hydrolysis) is 1. The van der Waals surface area contributed by atoms with E-state index >= 15 is 0 Å². The number of hydrogen-bond donors (Lipinski definition) is 2. The number of anilines is 1. The monoisotopic (exact) mass is 321 g/mol. The zero-order valence-electron chi connectivity index (χ0n) is 12.9. The number of nitrogens with zero attached hydrogens (tertiary/aromatic N) is 1. The van der Waals surface area contributed by atoms with E-state index in [0.29, 0.717) is 10.6 Å². The summed E-state index contributed by atoms with van der Waals surface area (Å²) in [4.78, 5) is 11.6. The van der Waals surface area contributed by atoms with Gasteiger partial charge in [0.2, 0.25) is 0 Å². The van der Waals surface area contributed by atoms with Crippen molar-refractivity contribution >= 4 is 23.4 Å². The third kappa shape index (κ3) is 4.54. The van der Waals surface area contributed by atoms with Gasteiger partial charge in [-0.3, -0.25) is 0 Å². The van der Waals surface area contributed by atoms with Gasteiger partial charge in [-0.2, -0.15) is 5.26 Å². The van der Waals surface area contributed by atoms with E-state index in [1.165, 1.54) is 0 Å². The van der Waals surface area contributed by atoms with Crippen molar-refractivity contribution in [2.24, 2.45) is 0 Å². The minimum absolute atomic E-state index is 0.126. The van der Waals surface area contributed by atoms with Crippen molar-refractivity contribution in [2.45, 2.75) is 51.3 Å². The minimum Gasteiger partial charge on any atom is -0.444 e. The molecule has 0 heterocycles. The predicted octanol–water partition coefficient (Wildman–Crippen LogP) is 3.68. The number of halogens is 1. The second kappa shape index (κ2) is 6.45. The Morgan fingerprint density at radius 1 is 1.36 bits per heavy atom. The molecule has 22 heavy (non-hydrogen) atoms. The predicted molar refractivity (Wildman–Crippen MR) is 86.0 cm³/mol. The van der Waals surface area contributed by atoms with Crippen LogP contribution >= 0.6 is 11.6 Å². The number of amides is 1. The van der Waals surface area contributed by atoms with Gasteiger partial charge >= 0.3 is 6.09 Å². The van der Waals surface area contributed by atoms with Crippen LogP contribution in [0.4, 0.5) is 10.5 Å². The summed E-state index contributed by atoms with van der Waals surface area (Å²) in [5.41, 5.74) is 0.861. The number of carbonyl (C=O) groups excluding carboxylic acids is 1. The summed E-state index contributed by atoms with van der Waals surface area (Å²) in [6.45, 7) is 5.52. The number of ether oxygens (including phenoxy) is 1. The number of hydrogen-bond acceptors (Lipinski definition) is 4. The highest BCUT2D eigenvalue weighted by atomic mass is 35.5. The lowest BCUT2D eigenvalue weighted by molar-refractivity contribution is 0.0475. The summed E-state index contributed by atoms with van der Waals surface area (Å²) in [5.74, 6) is 0. The molecular formula is C16H20ClN3O2. The highest BCUT2D eigenvalue weighted by molar-refractivity contribution is 6.32. The molecule has 1 aromatic rings. The fraction of sp³-hybridized carbons (Fsp3) is 0.500. The Balaban J connectivity index is 1.77. The van der Waals surface area contributed by atoms with Gasteiger partial charge in [0.25, 0.3) is 0 Å². The second-order valence-corrected chi connectivity index (χ2v) is 6.87. The fourth-order valence-corrected chi connectivity index (χ4v) is 2.48. The fourth-order valence-electron chi connectivity index (χ4n) is 2.26. The molecule has 118 valence electrons. The highest BCUT2D eigenvalue weighted by Crippen LogP contribution is 2.27. The number of carbonyl (C=O) groups is 1. The van der Waals surface area contributed by atoms with Crippen LogP contribution in [-0.2, 0) is 4.74 Å². The van der Waals surface area contributed by atoms with Crippen LogP contribution in [-0.4, -0.2) is 23.8 Å². The van der Waals surface area contributed by atoms with Crippen molar-refractivity contribution in [1.29, 1.82) is 5.26 Å². The Kier molecular flexibility index (Phi) is 4.82. The maximum absolute atomic E-state index is 11.6. The van der Waals surface area contributed by atoms with Crippen LogP contribution in [0.15, 0.2) is 18.2 Å². The molecule has 1 saturated carbocycles. The summed E-state index contributed by atoms with van der Waals surface area (Å²) in [6, 6.07) is 7.71. The summed E-state index contributed by atoms with van der Waals surface area (Å²) in [6.07, 6.45) is 1.28. The third-order valence-electron chi connectivity index (χ3n) is 3.32. The summed E-state index contributed by atoms with van der Waals surface area (Å²) in [7, 11) is 0. The number of benzene rings is 1. The zero-order valence-corrected chi connectivity index (χ0v) is 13.7. The van der Waals surface area contributed by atoms with E-state index < -0.39 is 5.60 Å². The van der Waals surface area contributed by atoms with Crippen molar-refractivity contribution in [1.82, 2.24) is 5.32 Å². The third-order valence-corrected chi connectivity index (χ3v) is 3.63. The van der Waals surface area contributed by atoms with Gasteiger partial charge in [0.05, 0.1) is 10.6 Å². The first kappa shape index (κ1) is 16.4. The van der Waals surface area contributed by atoms with Gasteiger partial charge in [0.15, 0.2) is 0 Å². The normalized spacial score (nSPS) is 20.5. The topological polar surface area (TPSA) is 74.2 Å². The summed E-state index contributed by atoms with van der Waals surface area (Å²) in [5, 5.41) is 15.5. The van der Waals surface area contributed by atoms with Crippen LogP contribution in [0.1, 0.15) is 39.2 Å². The zero-order chi connectivity index (χ0) is 16.3. The number of rotatable bonds is 3. The Hall–Kier alpha value is -1.93. The van der Waals surface area contributed by atoms with E-state index in [0.717, 1.165) is 18.5 Å². The quantitative estimate of drug-likeness (QED) is 0.890. The Labute approximate surface area is 135 Å². The molecule has 0 atom stereocenters. The van der Waals surface area contributed by atoms with Gasteiger partial charge in [-0.15, -0.1) is 0 Å². The summed E-state index contributed by atoms with van der Waals surface area (Å²) < 4.78 is 5.22. The van der Waals surface area contributed by atoms with E-state index in [4.69, 9.17) is 21.6 Å². The Bertz CT molecular complexity index is 598. The molecule has 0 aromatic heterocycles. The Morgan fingerprint density at radius 2 is 2.05 bits per heavy atom. The van der Waals surface area contributed by atoms with Crippen LogP contribution in [0.25, 0.3) is 0 Å². The second-order valence-electron chi connectivity index (χ2n) is 6.46. The van der Waals surface area contributed by atoms with Gasteiger partial charge in [-0.25, -0.2) is 4.79 Å². The SMILES string of the molecule is CC(C)(C)OC(=O)NC1CC(Nc2ccc(C#N)c(Cl)c2)C1. The highest BCUT2D eigenvalue weighted by Gasteiger charge is 2.31. The van der Waals surface area contributed by atoms with Gasteiger partial charge in [-0.1, -0.05) is 11.6 Å². The van der Waals surface area contributed by atoms with Crippen molar-refractivity contribution in [3.8, 4) is 6.07 Å². The molecule has 6 heteroatoms. The number of nitrogens with one attached hydrogen (secondary N) is 2. The minimum atomic E-state index is -0.481. The average Bonchev–Trinajstić information content (AvgIpc) is 2.34. The molecule has 5 nitrogen and oxygen atoms in total. The van der Waals surface area contributed by atoms with Crippen molar-refractivity contribution in [3.05, 3.63) is 28.8 Å². The first-order valence-corrected chi connectivity index (χ1v) is 7.60. The van der Waals surface area contributed by atoms with Crippen LogP contribution in [0.3, 0.4) is 0 Å². The van der Waals surface area contributed by atoms with Crippen LogP contribution in [0.5, 0.6) is 0 Å². The molecule has 2 N–H and O–H groups in total. The van der Waals surface area contributed by atoms with Crippen LogP contribution < -0.4 is 10.6 Å². The molecule has 0 radical (unpaired) electrons. The standard InChI is InChI=1S/C16H20ClN3O2/c1-16(2,3)22-15(21)20-13-6-12(7-13)19-11-5-4-10(9-18)14(17)8-11/h4-5,8,12-13,19H,6-7H2,1-3H3,(H,20,21). The molecule has 1 aliphatic rings. The molecule has 0 unspecified atom stereocenters. The number of nitriles is 1. The van der Waals surface area contributed by atoms with E-state index in [-0.39, 0.29) is 18.2 Å². The van der Waals surface area contributed by atoms with E-state index in [9.17, 15) is 4.79 Å². The molecular weight excluding hydrogens is 302 g/mol. The molecule has 0 saturated heterocycles. The lowest BCUT2D eigenvalue weighted by Crippen LogP contribution is -2.50. The van der Waals surface area contributed by atoms with Crippen LogP contribution in [0.2, 0.25) is 5.02 Å². The molecule has 1 fully saturated rings. The molecule has 1 amide bonds. The molecule has 0 bridgehead atoms. The van der Waals surface area contributed by atoms with Gasteiger partial charge < -0.3 is 15.4 Å². The van der Waals surface area contributed by atoms with E-state index in [2.05, 4.69) is 10.6 Å². The lowest BCUT2D eigenvalue weighted by atomic mass is 9.86. The van der Waals surface area contributed by atoms with Gasteiger partial charge in [0, 0.05) is 17.8 Å². The molecule has 2 rings (SSSR count). The average molecular weight is 322 g/mol. The molecule has 1 aromatic carbocycles. The van der Waals surface area contributed by atoms with Crippen molar-refractivity contribution in [3.63, 3.8) is 0 Å².